The highest BCUT2D eigenvalue weighted by atomic mass is 35.5. The van der Waals surface area contributed by atoms with E-state index in [-0.39, 0.29) is 17.0 Å². The van der Waals surface area contributed by atoms with Crippen LogP contribution in [-0.4, -0.2) is 73.9 Å². The molecule has 13 nitrogen and oxygen atoms in total. The van der Waals surface area contributed by atoms with Crippen LogP contribution in [-0.2, 0) is 10.0 Å². The molecule has 2 aliphatic carbocycles. The van der Waals surface area contributed by atoms with Gasteiger partial charge < -0.3 is 19.9 Å². The molecule has 0 atom stereocenters. The van der Waals surface area contributed by atoms with Crippen LogP contribution in [0.2, 0.25) is 5.02 Å². The average molecular weight is 814 g/mol. The highest BCUT2D eigenvalue weighted by Gasteiger charge is 2.41. The third-order valence-corrected chi connectivity index (χ3v) is 13.1. The number of fused-ring (bicyclic) bond motifs is 1. The van der Waals surface area contributed by atoms with Crippen molar-refractivity contribution in [2.45, 2.75) is 43.4 Å². The minimum atomic E-state index is -4.91. The number of aromatic nitrogens is 2. The van der Waals surface area contributed by atoms with E-state index >= 15 is 4.39 Å². The van der Waals surface area contributed by atoms with Crippen LogP contribution >= 0.6 is 11.6 Å². The maximum absolute atomic E-state index is 15.0. The van der Waals surface area contributed by atoms with E-state index in [1.807, 2.05) is 22.9 Å². The molecular formula is C41H41ClFN7O6S. The van der Waals surface area contributed by atoms with E-state index in [4.69, 9.17) is 16.3 Å². The van der Waals surface area contributed by atoms with E-state index in [9.17, 15) is 23.3 Å². The van der Waals surface area contributed by atoms with E-state index in [0.717, 1.165) is 48.6 Å². The van der Waals surface area contributed by atoms with E-state index in [0.29, 0.717) is 42.0 Å². The van der Waals surface area contributed by atoms with Gasteiger partial charge in [-0.05, 0) is 85.1 Å². The number of ether oxygens (including phenoxy) is 1. The zero-order chi connectivity index (χ0) is 39.9. The number of pyridine rings is 1. The number of hydrogen-bond acceptors (Lipinski definition) is 10. The normalized spacial score (nSPS) is 17.1. The Morgan fingerprint density at radius 2 is 1.82 bits per heavy atom. The fourth-order valence-electron chi connectivity index (χ4n) is 8.24. The molecule has 3 aliphatic rings. The molecule has 16 heteroatoms. The Hall–Kier alpha value is -5.51. The molecule has 1 aliphatic heterocycles. The van der Waals surface area contributed by atoms with Crippen molar-refractivity contribution in [1.82, 2.24) is 19.6 Å². The number of sulfonamides is 1. The summed E-state index contributed by atoms with van der Waals surface area (Å²) < 4.78 is 49.8. The summed E-state index contributed by atoms with van der Waals surface area (Å²) in [5.41, 5.74) is 4.98. The van der Waals surface area contributed by atoms with Crippen molar-refractivity contribution >= 4 is 61.2 Å². The van der Waals surface area contributed by atoms with Crippen molar-refractivity contribution in [3.63, 3.8) is 0 Å². The lowest BCUT2D eigenvalue weighted by atomic mass is 9.59. The number of amides is 1. The number of benzene rings is 3. The van der Waals surface area contributed by atoms with Gasteiger partial charge in [-0.3, -0.25) is 19.8 Å². The van der Waals surface area contributed by atoms with Gasteiger partial charge in [-0.2, -0.15) is 0 Å². The van der Waals surface area contributed by atoms with Gasteiger partial charge in [0.2, 0.25) is 0 Å². The number of aromatic amines is 1. The maximum Gasteiger partial charge on any atom is 0.293 e. The van der Waals surface area contributed by atoms with Crippen LogP contribution in [0.5, 0.6) is 11.5 Å². The van der Waals surface area contributed by atoms with Crippen molar-refractivity contribution in [2.75, 3.05) is 50.0 Å². The molecule has 0 unspecified atom stereocenters. The SMILES string of the molecule is CNc1cc(F)c(S(=O)(=O)NC(=O)c2ccc(N3CCN(CC4=C(c5ccc(Cl)cc5)CC5(CCC5)CC4)CC3)cc2Oc2cnc3[nH]ccc3c2)cc1[N+](=O)[O-]. The van der Waals surface area contributed by atoms with Crippen LogP contribution in [0.3, 0.4) is 0 Å². The smallest absolute Gasteiger partial charge is 0.293 e. The van der Waals surface area contributed by atoms with Crippen LogP contribution in [0.4, 0.5) is 21.5 Å². The highest BCUT2D eigenvalue weighted by Crippen LogP contribution is 2.55. The summed E-state index contributed by atoms with van der Waals surface area (Å²) in [6, 6.07) is 17.9. The number of carbonyl (C=O) groups excluding carboxylic acids is 1. The Morgan fingerprint density at radius 3 is 2.53 bits per heavy atom. The van der Waals surface area contributed by atoms with Crippen molar-refractivity contribution in [3.8, 4) is 11.5 Å². The molecule has 0 bridgehead atoms. The monoisotopic (exact) mass is 813 g/mol. The third kappa shape index (κ3) is 7.91. The minimum Gasteiger partial charge on any atom is -0.455 e. The fourth-order valence-corrected chi connectivity index (χ4v) is 9.41. The van der Waals surface area contributed by atoms with Crippen molar-refractivity contribution < 1.29 is 27.3 Å². The maximum atomic E-state index is 15.0. The standard InChI is InChI=1S/C41H41ClFN7O6S/c1-44-35-21-34(43)38(22-36(35)50(52)53)57(54,55)47-40(51)32-8-7-30(20-37(32)56-31-19-27-10-14-45-39(27)46-24-31)49-17-15-48(16-18-49)25-28-9-13-41(11-2-12-41)23-33(28)26-3-5-29(42)6-4-26/h3-8,10,14,19-22,24,44H,2,9,11-13,15-18,23,25H2,1H3,(H,45,46)(H,47,51). The van der Waals surface area contributed by atoms with Gasteiger partial charge in [0.25, 0.3) is 21.6 Å². The minimum absolute atomic E-state index is 0.0428. The van der Waals surface area contributed by atoms with Crippen LogP contribution in [0.25, 0.3) is 16.6 Å². The number of nitro benzene ring substituents is 1. The predicted octanol–water partition coefficient (Wildman–Crippen LogP) is 8.15. The Labute approximate surface area is 334 Å². The second-order valence-electron chi connectivity index (χ2n) is 15.0. The van der Waals surface area contributed by atoms with Gasteiger partial charge >= 0.3 is 0 Å². The van der Waals surface area contributed by atoms with Gasteiger partial charge in [-0.15, -0.1) is 0 Å². The molecule has 1 saturated carbocycles. The molecule has 1 spiro atoms. The Balaban J connectivity index is 1.03. The van der Waals surface area contributed by atoms with Gasteiger partial charge in [0.1, 0.15) is 33.5 Å². The van der Waals surface area contributed by atoms with Gasteiger partial charge in [-0.25, -0.2) is 22.5 Å². The van der Waals surface area contributed by atoms with Gasteiger partial charge in [0, 0.05) is 80.3 Å². The second-order valence-corrected chi connectivity index (χ2v) is 17.1. The molecule has 2 fully saturated rings. The summed E-state index contributed by atoms with van der Waals surface area (Å²) in [5.74, 6) is -2.05. The van der Waals surface area contributed by atoms with Crippen molar-refractivity contribution in [3.05, 3.63) is 117 Å². The van der Waals surface area contributed by atoms with Crippen molar-refractivity contribution in [2.24, 2.45) is 5.41 Å². The highest BCUT2D eigenvalue weighted by molar-refractivity contribution is 7.90. The number of allylic oxidation sites excluding steroid dienone is 1. The molecule has 57 heavy (non-hydrogen) atoms. The molecule has 3 N–H and O–H groups in total. The molecule has 1 amide bonds. The number of H-pyrrole nitrogens is 1. The number of nitrogens with zero attached hydrogens (tertiary/aromatic N) is 4. The summed E-state index contributed by atoms with van der Waals surface area (Å²) >= 11 is 6.25. The number of rotatable bonds is 11. The zero-order valence-electron chi connectivity index (χ0n) is 31.2. The van der Waals surface area contributed by atoms with E-state index in [1.54, 1.807) is 24.4 Å². The van der Waals surface area contributed by atoms with Crippen LogP contribution in [0.15, 0.2) is 89.6 Å². The molecule has 0 radical (unpaired) electrons. The van der Waals surface area contributed by atoms with Crippen LogP contribution < -0.4 is 19.7 Å². The lowest BCUT2D eigenvalue weighted by Gasteiger charge is -2.47. The number of nitro groups is 1. The number of piperazine rings is 1. The number of anilines is 2. The zero-order valence-corrected chi connectivity index (χ0v) is 32.8. The van der Waals surface area contributed by atoms with E-state index in [1.165, 1.54) is 61.7 Å². The van der Waals surface area contributed by atoms with E-state index < -0.39 is 37.3 Å². The number of nitrogens with one attached hydrogen (secondary N) is 3. The third-order valence-electron chi connectivity index (χ3n) is 11.5. The molecule has 3 heterocycles. The first-order chi connectivity index (χ1) is 27.4. The molecule has 8 rings (SSSR count). The predicted molar refractivity (Wildman–Crippen MR) is 217 cm³/mol. The molecule has 296 valence electrons. The summed E-state index contributed by atoms with van der Waals surface area (Å²) in [4.78, 5) is 35.5. The molecule has 2 aromatic heterocycles. The van der Waals surface area contributed by atoms with Gasteiger partial charge in [0.15, 0.2) is 0 Å². The largest absolute Gasteiger partial charge is 0.455 e. The lowest BCUT2D eigenvalue weighted by molar-refractivity contribution is -0.384. The summed E-state index contributed by atoms with van der Waals surface area (Å²) in [5, 5.41) is 15.6. The summed E-state index contributed by atoms with van der Waals surface area (Å²) in [6.07, 6.45) is 10.5. The first kappa shape index (κ1) is 38.4. The molecule has 5 aromatic rings. The van der Waals surface area contributed by atoms with Crippen molar-refractivity contribution in [1.29, 1.82) is 0 Å². The van der Waals surface area contributed by atoms with Crippen LogP contribution in [0.1, 0.15) is 54.4 Å². The number of halogens is 2. The average Bonchev–Trinajstić information content (AvgIpc) is 3.66. The van der Waals surface area contributed by atoms with Crippen LogP contribution in [0, 0.1) is 21.3 Å². The number of carbonyl (C=O) groups is 1. The topological polar surface area (TPSA) is 163 Å². The molecular weight excluding hydrogens is 773 g/mol. The second kappa shape index (κ2) is 15.4. The summed E-state index contributed by atoms with van der Waals surface area (Å²) in [6.45, 7) is 3.89. The Morgan fingerprint density at radius 1 is 1.05 bits per heavy atom. The molecule has 1 saturated heterocycles. The number of hydrogen-bond donors (Lipinski definition) is 3. The Bertz CT molecular complexity index is 2510. The van der Waals surface area contributed by atoms with Gasteiger partial charge in [0.05, 0.1) is 16.7 Å². The van der Waals surface area contributed by atoms with Gasteiger partial charge in [-0.1, -0.05) is 35.7 Å². The molecule has 3 aromatic carbocycles. The first-order valence-corrected chi connectivity index (χ1v) is 20.7. The van der Waals surface area contributed by atoms with E-state index in [2.05, 4.69) is 37.2 Å². The lowest BCUT2D eigenvalue weighted by Crippen LogP contribution is -2.47. The Kier molecular flexibility index (Phi) is 10.4. The fraction of sp³-hybridized carbons (Fsp3) is 0.317. The quantitative estimate of drug-likeness (QED) is 0.0877. The summed E-state index contributed by atoms with van der Waals surface area (Å²) in [7, 11) is -3.58. The first-order valence-electron chi connectivity index (χ1n) is 18.8.